The van der Waals surface area contributed by atoms with Crippen molar-refractivity contribution in [2.75, 3.05) is 6.54 Å². The predicted molar refractivity (Wildman–Crippen MR) is 48.7 cm³/mol. The highest BCUT2D eigenvalue weighted by molar-refractivity contribution is 5.72. The number of rotatable bonds is 5. The SMILES string of the molecule is CC(=O)NCCCCC1(N)CC1. The molecular weight excluding hydrogens is 152 g/mol. The minimum Gasteiger partial charge on any atom is -0.356 e. The third-order valence-electron chi connectivity index (χ3n) is 2.37. The highest BCUT2D eigenvalue weighted by Gasteiger charge is 2.36. The lowest BCUT2D eigenvalue weighted by atomic mass is 10.1. The van der Waals surface area contributed by atoms with Gasteiger partial charge in [-0.2, -0.15) is 0 Å². The molecule has 1 aliphatic carbocycles. The Bertz CT molecular complexity index is 164. The number of carbonyl (C=O) groups excluding carboxylic acids is 1. The molecule has 0 spiro atoms. The van der Waals surface area contributed by atoms with Gasteiger partial charge < -0.3 is 11.1 Å². The van der Waals surface area contributed by atoms with Gasteiger partial charge in [-0.05, 0) is 32.1 Å². The molecule has 1 amide bonds. The van der Waals surface area contributed by atoms with E-state index in [0.29, 0.717) is 0 Å². The molecule has 0 aromatic heterocycles. The van der Waals surface area contributed by atoms with Crippen LogP contribution in [0.25, 0.3) is 0 Å². The Morgan fingerprint density at radius 3 is 2.67 bits per heavy atom. The van der Waals surface area contributed by atoms with Gasteiger partial charge in [-0.25, -0.2) is 0 Å². The summed E-state index contributed by atoms with van der Waals surface area (Å²) in [4.78, 5) is 10.5. The number of nitrogens with one attached hydrogen (secondary N) is 1. The third-order valence-corrected chi connectivity index (χ3v) is 2.37. The van der Waals surface area contributed by atoms with Crippen LogP contribution in [0.2, 0.25) is 0 Å². The first kappa shape index (κ1) is 9.52. The molecule has 0 atom stereocenters. The first-order valence-corrected chi connectivity index (χ1v) is 4.66. The predicted octanol–water partition coefficient (Wildman–Crippen LogP) is 0.784. The second-order valence-corrected chi connectivity index (χ2v) is 3.80. The number of amides is 1. The van der Waals surface area contributed by atoms with E-state index in [2.05, 4.69) is 5.32 Å². The van der Waals surface area contributed by atoms with E-state index in [9.17, 15) is 4.79 Å². The van der Waals surface area contributed by atoms with E-state index < -0.39 is 0 Å². The molecule has 12 heavy (non-hydrogen) atoms. The van der Waals surface area contributed by atoms with Gasteiger partial charge in [0.15, 0.2) is 0 Å². The van der Waals surface area contributed by atoms with Gasteiger partial charge in [0.1, 0.15) is 0 Å². The number of carbonyl (C=O) groups is 1. The van der Waals surface area contributed by atoms with Crippen molar-refractivity contribution in [1.82, 2.24) is 5.32 Å². The van der Waals surface area contributed by atoms with Gasteiger partial charge in [0.25, 0.3) is 0 Å². The molecule has 1 saturated carbocycles. The Morgan fingerprint density at radius 2 is 2.17 bits per heavy atom. The summed E-state index contributed by atoms with van der Waals surface area (Å²) in [7, 11) is 0. The summed E-state index contributed by atoms with van der Waals surface area (Å²) in [5.74, 6) is 0.0592. The molecular formula is C9H18N2O. The van der Waals surface area contributed by atoms with E-state index in [1.807, 2.05) is 0 Å². The minimum atomic E-state index is 0.0592. The maximum absolute atomic E-state index is 10.5. The molecule has 0 bridgehead atoms. The van der Waals surface area contributed by atoms with E-state index in [4.69, 9.17) is 5.73 Å². The average Bonchev–Trinajstić information content (AvgIpc) is 2.67. The fourth-order valence-electron chi connectivity index (χ4n) is 1.28. The molecule has 1 aliphatic rings. The maximum Gasteiger partial charge on any atom is 0.216 e. The van der Waals surface area contributed by atoms with Crippen LogP contribution in [-0.4, -0.2) is 18.0 Å². The number of nitrogens with two attached hydrogens (primary N) is 1. The Labute approximate surface area is 73.7 Å². The summed E-state index contributed by atoms with van der Waals surface area (Å²) in [6, 6.07) is 0. The fraction of sp³-hybridized carbons (Fsp3) is 0.889. The standard InChI is InChI=1S/C9H18N2O/c1-8(12)11-7-3-2-4-9(10)5-6-9/h2-7,10H2,1H3,(H,11,12). The fourth-order valence-corrected chi connectivity index (χ4v) is 1.28. The molecule has 70 valence electrons. The maximum atomic E-state index is 10.5. The Hall–Kier alpha value is -0.570. The number of hydrogen-bond acceptors (Lipinski definition) is 2. The summed E-state index contributed by atoms with van der Waals surface area (Å²) in [5, 5.41) is 2.77. The van der Waals surface area contributed by atoms with Gasteiger partial charge in [-0.15, -0.1) is 0 Å². The quantitative estimate of drug-likeness (QED) is 0.599. The molecule has 1 fully saturated rings. The van der Waals surface area contributed by atoms with Crippen molar-refractivity contribution in [1.29, 1.82) is 0 Å². The first-order chi connectivity index (χ1) is 5.62. The summed E-state index contributed by atoms with van der Waals surface area (Å²) >= 11 is 0. The number of hydrogen-bond donors (Lipinski definition) is 2. The third kappa shape index (κ3) is 3.72. The molecule has 0 aromatic carbocycles. The van der Waals surface area contributed by atoms with Crippen molar-refractivity contribution >= 4 is 5.91 Å². The summed E-state index contributed by atoms with van der Waals surface area (Å²) in [6.07, 6.45) is 5.68. The van der Waals surface area contributed by atoms with E-state index in [0.717, 1.165) is 25.8 Å². The van der Waals surface area contributed by atoms with Crippen LogP contribution in [0.5, 0.6) is 0 Å². The Kier molecular flexibility index (Phi) is 3.09. The van der Waals surface area contributed by atoms with Crippen LogP contribution in [0.4, 0.5) is 0 Å². The van der Waals surface area contributed by atoms with Crippen molar-refractivity contribution in [3.8, 4) is 0 Å². The van der Waals surface area contributed by atoms with Gasteiger partial charge in [0, 0.05) is 19.0 Å². The molecule has 0 heterocycles. The van der Waals surface area contributed by atoms with Crippen LogP contribution in [0.3, 0.4) is 0 Å². The Morgan fingerprint density at radius 1 is 1.50 bits per heavy atom. The van der Waals surface area contributed by atoms with Crippen LogP contribution >= 0.6 is 0 Å². The molecule has 3 N–H and O–H groups in total. The second-order valence-electron chi connectivity index (χ2n) is 3.80. The van der Waals surface area contributed by atoms with Gasteiger partial charge >= 0.3 is 0 Å². The zero-order chi connectivity index (χ0) is 9.03. The van der Waals surface area contributed by atoms with Gasteiger partial charge in [0.2, 0.25) is 5.91 Å². The largest absolute Gasteiger partial charge is 0.356 e. The van der Waals surface area contributed by atoms with Crippen molar-refractivity contribution in [3.63, 3.8) is 0 Å². The molecule has 0 unspecified atom stereocenters. The molecule has 1 rings (SSSR count). The number of unbranched alkanes of at least 4 members (excludes halogenated alkanes) is 1. The van der Waals surface area contributed by atoms with Crippen molar-refractivity contribution in [2.45, 2.75) is 44.6 Å². The van der Waals surface area contributed by atoms with E-state index in [-0.39, 0.29) is 11.4 Å². The molecule has 3 heteroatoms. The lowest BCUT2D eigenvalue weighted by molar-refractivity contribution is -0.118. The van der Waals surface area contributed by atoms with Crippen LogP contribution < -0.4 is 11.1 Å². The lowest BCUT2D eigenvalue weighted by Crippen LogP contribution is -2.23. The van der Waals surface area contributed by atoms with Crippen LogP contribution in [0.15, 0.2) is 0 Å². The zero-order valence-corrected chi connectivity index (χ0v) is 7.73. The van der Waals surface area contributed by atoms with Gasteiger partial charge in [-0.3, -0.25) is 4.79 Å². The van der Waals surface area contributed by atoms with Crippen molar-refractivity contribution < 1.29 is 4.79 Å². The highest BCUT2D eigenvalue weighted by atomic mass is 16.1. The van der Waals surface area contributed by atoms with Gasteiger partial charge in [-0.1, -0.05) is 0 Å². The topological polar surface area (TPSA) is 55.1 Å². The van der Waals surface area contributed by atoms with Crippen molar-refractivity contribution in [3.05, 3.63) is 0 Å². The highest BCUT2D eigenvalue weighted by Crippen LogP contribution is 2.36. The minimum absolute atomic E-state index is 0.0592. The molecule has 3 nitrogen and oxygen atoms in total. The molecule has 0 aromatic rings. The normalized spacial score (nSPS) is 18.8. The van der Waals surface area contributed by atoms with Crippen LogP contribution in [0.1, 0.15) is 39.0 Å². The van der Waals surface area contributed by atoms with Gasteiger partial charge in [0.05, 0.1) is 0 Å². The smallest absolute Gasteiger partial charge is 0.216 e. The molecule has 0 radical (unpaired) electrons. The summed E-state index contributed by atoms with van der Waals surface area (Å²) in [6.45, 7) is 2.34. The summed E-state index contributed by atoms with van der Waals surface area (Å²) in [5.41, 5.74) is 6.08. The van der Waals surface area contributed by atoms with Crippen LogP contribution in [0, 0.1) is 0 Å². The Balaban J connectivity index is 1.86. The second kappa shape index (κ2) is 3.90. The van der Waals surface area contributed by atoms with Crippen molar-refractivity contribution in [2.24, 2.45) is 5.73 Å². The first-order valence-electron chi connectivity index (χ1n) is 4.66. The van der Waals surface area contributed by atoms with E-state index >= 15 is 0 Å². The monoisotopic (exact) mass is 170 g/mol. The van der Waals surface area contributed by atoms with Crippen LogP contribution in [-0.2, 0) is 4.79 Å². The van der Waals surface area contributed by atoms with E-state index in [1.54, 1.807) is 6.92 Å². The van der Waals surface area contributed by atoms with E-state index in [1.165, 1.54) is 12.8 Å². The lowest BCUT2D eigenvalue weighted by Gasteiger charge is -2.07. The molecule has 0 aliphatic heterocycles. The molecule has 0 saturated heterocycles. The summed E-state index contributed by atoms with van der Waals surface area (Å²) < 4.78 is 0. The average molecular weight is 170 g/mol. The zero-order valence-electron chi connectivity index (χ0n) is 7.73.